The van der Waals surface area contributed by atoms with Crippen LogP contribution in [0.15, 0.2) is 42.5 Å². The lowest BCUT2D eigenvalue weighted by atomic mass is 10.1. The van der Waals surface area contributed by atoms with Crippen molar-refractivity contribution in [2.45, 2.75) is 6.92 Å². The lowest BCUT2D eigenvalue weighted by molar-refractivity contribution is -0.114. The van der Waals surface area contributed by atoms with Crippen LogP contribution in [0.4, 0.5) is 10.8 Å². The van der Waals surface area contributed by atoms with Crippen LogP contribution in [0.1, 0.15) is 17.3 Å². The zero-order valence-electron chi connectivity index (χ0n) is 13.1. The smallest absolute Gasteiger partial charge is 0.259 e. The number of benzene rings is 2. The van der Waals surface area contributed by atoms with Gasteiger partial charge in [-0.25, -0.2) is 4.98 Å². The molecular formula is C17H15N3O3S. The highest BCUT2D eigenvalue weighted by atomic mass is 32.1. The number of anilines is 2. The molecule has 3 rings (SSSR count). The second-order valence-electron chi connectivity index (χ2n) is 5.03. The highest BCUT2D eigenvalue weighted by Crippen LogP contribution is 2.29. The summed E-state index contributed by atoms with van der Waals surface area (Å²) in [5.74, 6) is 0.174. The highest BCUT2D eigenvalue weighted by molar-refractivity contribution is 7.22. The van der Waals surface area contributed by atoms with E-state index in [0.29, 0.717) is 16.4 Å². The van der Waals surface area contributed by atoms with E-state index < -0.39 is 0 Å². The van der Waals surface area contributed by atoms with Gasteiger partial charge in [-0.1, -0.05) is 23.5 Å². The van der Waals surface area contributed by atoms with Gasteiger partial charge in [0.05, 0.1) is 28.6 Å². The molecule has 24 heavy (non-hydrogen) atoms. The van der Waals surface area contributed by atoms with Gasteiger partial charge < -0.3 is 10.1 Å². The van der Waals surface area contributed by atoms with E-state index in [1.165, 1.54) is 18.3 Å². The number of fused-ring (bicyclic) bond motifs is 1. The molecule has 0 fully saturated rings. The number of nitrogens with one attached hydrogen (secondary N) is 2. The van der Waals surface area contributed by atoms with Crippen LogP contribution in [0, 0.1) is 0 Å². The van der Waals surface area contributed by atoms with Crippen LogP contribution >= 0.6 is 11.3 Å². The van der Waals surface area contributed by atoms with Gasteiger partial charge in [-0.15, -0.1) is 0 Å². The fraction of sp³-hybridized carbons (Fsp3) is 0.118. The van der Waals surface area contributed by atoms with Crippen LogP contribution in [-0.4, -0.2) is 23.9 Å². The molecule has 1 aromatic heterocycles. The standard InChI is InChI=1S/C17H15N3O3S/c1-10(21)18-13-6-4-3-5-12(13)16(22)20-17-19-14-8-7-11(23-2)9-15(14)24-17/h3-9H,1-2H3,(H,18,21)(H,19,20,22). The molecule has 0 saturated carbocycles. The topological polar surface area (TPSA) is 80.3 Å². The maximum absolute atomic E-state index is 12.5. The Hall–Kier alpha value is -2.93. The van der Waals surface area contributed by atoms with Crippen molar-refractivity contribution < 1.29 is 14.3 Å². The Kier molecular flexibility index (Phi) is 4.43. The molecule has 0 aliphatic rings. The van der Waals surface area contributed by atoms with Crippen LogP contribution in [0.3, 0.4) is 0 Å². The van der Waals surface area contributed by atoms with Crippen molar-refractivity contribution in [2.24, 2.45) is 0 Å². The van der Waals surface area contributed by atoms with Crippen molar-refractivity contribution in [1.82, 2.24) is 4.98 Å². The lowest BCUT2D eigenvalue weighted by Gasteiger charge is -2.08. The first-order chi connectivity index (χ1) is 11.6. The van der Waals surface area contributed by atoms with Crippen molar-refractivity contribution in [3.63, 3.8) is 0 Å². The number of methoxy groups -OCH3 is 1. The molecule has 1 heterocycles. The first-order valence-electron chi connectivity index (χ1n) is 7.19. The van der Waals surface area contributed by atoms with Gasteiger partial charge in [0.1, 0.15) is 5.75 Å². The molecule has 0 atom stereocenters. The number of para-hydroxylation sites is 1. The summed E-state index contributed by atoms with van der Waals surface area (Å²) in [5.41, 5.74) is 1.63. The van der Waals surface area contributed by atoms with Gasteiger partial charge >= 0.3 is 0 Å². The van der Waals surface area contributed by atoms with Crippen molar-refractivity contribution >= 4 is 44.2 Å². The Balaban J connectivity index is 1.86. The Bertz CT molecular complexity index is 920. The molecular weight excluding hydrogens is 326 g/mol. The third-order valence-electron chi connectivity index (χ3n) is 3.30. The molecule has 6 nitrogen and oxygen atoms in total. The SMILES string of the molecule is COc1ccc2nc(NC(=O)c3ccccc3NC(C)=O)sc2c1. The second-order valence-corrected chi connectivity index (χ2v) is 6.06. The zero-order valence-corrected chi connectivity index (χ0v) is 13.9. The van der Waals surface area contributed by atoms with Crippen LogP contribution in [0.25, 0.3) is 10.2 Å². The van der Waals surface area contributed by atoms with Crippen LogP contribution in [0.2, 0.25) is 0 Å². The summed E-state index contributed by atoms with van der Waals surface area (Å²) < 4.78 is 6.10. The van der Waals surface area contributed by atoms with Crippen LogP contribution < -0.4 is 15.4 Å². The number of carbonyl (C=O) groups is 2. The first kappa shape index (κ1) is 15.9. The number of aromatic nitrogens is 1. The number of rotatable bonds is 4. The van der Waals surface area contributed by atoms with Gasteiger partial charge in [-0.05, 0) is 30.3 Å². The molecule has 2 aromatic carbocycles. The number of thiazole rings is 1. The van der Waals surface area contributed by atoms with E-state index in [1.54, 1.807) is 31.4 Å². The molecule has 2 amide bonds. The lowest BCUT2D eigenvalue weighted by Crippen LogP contribution is -2.16. The summed E-state index contributed by atoms with van der Waals surface area (Å²) in [6, 6.07) is 12.4. The Morgan fingerprint density at radius 3 is 2.67 bits per heavy atom. The molecule has 0 bridgehead atoms. The summed E-state index contributed by atoms with van der Waals surface area (Å²) in [4.78, 5) is 28.1. The molecule has 0 radical (unpaired) electrons. The fourth-order valence-electron chi connectivity index (χ4n) is 2.23. The van der Waals surface area contributed by atoms with E-state index in [9.17, 15) is 9.59 Å². The van der Waals surface area contributed by atoms with Crippen molar-refractivity contribution in [1.29, 1.82) is 0 Å². The van der Waals surface area contributed by atoms with Crippen molar-refractivity contribution in [3.8, 4) is 5.75 Å². The van der Waals surface area contributed by atoms with E-state index in [2.05, 4.69) is 15.6 Å². The largest absolute Gasteiger partial charge is 0.497 e. The number of carbonyl (C=O) groups excluding carboxylic acids is 2. The molecule has 7 heteroatoms. The maximum atomic E-state index is 12.5. The van der Waals surface area contributed by atoms with E-state index in [-0.39, 0.29) is 11.8 Å². The molecule has 0 spiro atoms. The van der Waals surface area contributed by atoms with Gasteiger partial charge in [0, 0.05) is 6.92 Å². The summed E-state index contributed by atoms with van der Waals surface area (Å²) in [6.45, 7) is 1.40. The Morgan fingerprint density at radius 1 is 1.12 bits per heavy atom. The third kappa shape index (κ3) is 3.36. The summed E-state index contributed by atoms with van der Waals surface area (Å²) in [6.07, 6.45) is 0. The quantitative estimate of drug-likeness (QED) is 0.761. The minimum atomic E-state index is -0.328. The average Bonchev–Trinajstić information content (AvgIpc) is 2.95. The molecule has 3 aromatic rings. The van der Waals surface area contributed by atoms with Crippen molar-refractivity contribution in [3.05, 3.63) is 48.0 Å². The molecule has 0 unspecified atom stereocenters. The van der Waals surface area contributed by atoms with E-state index in [4.69, 9.17) is 4.74 Å². The number of amides is 2. The highest BCUT2D eigenvalue weighted by Gasteiger charge is 2.14. The van der Waals surface area contributed by atoms with E-state index in [1.807, 2.05) is 18.2 Å². The summed E-state index contributed by atoms with van der Waals surface area (Å²) >= 11 is 1.36. The normalized spacial score (nSPS) is 10.4. The predicted octanol–water partition coefficient (Wildman–Crippen LogP) is 3.52. The first-order valence-corrected chi connectivity index (χ1v) is 8.01. The monoisotopic (exact) mass is 341 g/mol. The fourth-order valence-corrected chi connectivity index (χ4v) is 3.12. The van der Waals surface area contributed by atoms with Gasteiger partial charge in [-0.2, -0.15) is 0 Å². The van der Waals surface area contributed by atoms with E-state index in [0.717, 1.165) is 16.0 Å². The summed E-state index contributed by atoms with van der Waals surface area (Å²) in [7, 11) is 1.60. The number of nitrogens with zero attached hydrogens (tertiary/aromatic N) is 1. The van der Waals surface area contributed by atoms with Crippen molar-refractivity contribution in [2.75, 3.05) is 17.7 Å². The second kappa shape index (κ2) is 6.67. The maximum Gasteiger partial charge on any atom is 0.259 e. The van der Waals surface area contributed by atoms with Gasteiger partial charge in [0.2, 0.25) is 5.91 Å². The Morgan fingerprint density at radius 2 is 1.92 bits per heavy atom. The van der Waals surface area contributed by atoms with Gasteiger partial charge in [-0.3, -0.25) is 14.9 Å². The third-order valence-corrected chi connectivity index (χ3v) is 4.23. The predicted molar refractivity (Wildman–Crippen MR) is 94.9 cm³/mol. The molecule has 0 aliphatic heterocycles. The minimum Gasteiger partial charge on any atom is -0.497 e. The molecule has 122 valence electrons. The van der Waals surface area contributed by atoms with Crippen LogP contribution in [-0.2, 0) is 4.79 Å². The van der Waals surface area contributed by atoms with Crippen LogP contribution in [0.5, 0.6) is 5.75 Å². The minimum absolute atomic E-state index is 0.234. The Labute approximate surface area is 142 Å². The molecule has 0 aliphatic carbocycles. The number of hydrogen-bond donors (Lipinski definition) is 2. The zero-order chi connectivity index (χ0) is 17.1. The van der Waals surface area contributed by atoms with E-state index >= 15 is 0 Å². The van der Waals surface area contributed by atoms with Gasteiger partial charge in [0.15, 0.2) is 5.13 Å². The molecule has 0 saturated heterocycles. The number of ether oxygens (including phenoxy) is 1. The molecule has 2 N–H and O–H groups in total. The number of hydrogen-bond acceptors (Lipinski definition) is 5. The van der Waals surface area contributed by atoms with Gasteiger partial charge in [0.25, 0.3) is 5.91 Å². The summed E-state index contributed by atoms with van der Waals surface area (Å²) in [5, 5.41) is 5.91. The average molecular weight is 341 g/mol.